The molecule has 0 atom stereocenters. The number of carbonyl (C=O) groups is 1. The summed E-state index contributed by atoms with van der Waals surface area (Å²) in [5, 5.41) is 4.02. The van der Waals surface area contributed by atoms with Crippen molar-refractivity contribution >= 4 is 27.8 Å². The number of nitrogens with zero attached hydrogens (tertiary/aromatic N) is 2. The molecule has 23 heavy (non-hydrogen) atoms. The van der Waals surface area contributed by atoms with E-state index in [4.69, 9.17) is 0 Å². The molecule has 0 aliphatic heterocycles. The van der Waals surface area contributed by atoms with Crippen molar-refractivity contribution in [3.05, 3.63) is 72.2 Å². The van der Waals surface area contributed by atoms with Gasteiger partial charge in [0.25, 0.3) is 5.91 Å². The predicted octanol–water partition coefficient (Wildman–Crippen LogP) is 3.04. The molecule has 5 heteroatoms. The van der Waals surface area contributed by atoms with Crippen LogP contribution in [0.4, 0.5) is 0 Å². The number of benzene rings is 2. The van der Waals surface area contributed by atoms with E-state index in [1.165, 1.54) is 0 Å². The maximum Gasteiger partial charge on any atom is 0.251 e. The van der Waals surface area contributed by atoms with Gasteiger partial charge in [0.1, 0.15) is 0 Å². The Hall–Kier alpha value is -3.21. The number of carbonyl (C=O) groups excluding carboxylic acids is 1. The zero-order chi connectivity index (χ0) is 15.6. The van der Waals surface area contributed by atoms with Crippen LogP contribution >= 0.6 is 0 Å². The number of hydrogen-bond donors (Lipinski definition) is 2. The molecule has 1 amide bonds. The maximum atomic E-state index is 12.4. The summed E-state index contributed by atoms with van der Waals surface area (Å²) < 4.78 is 0. The molecule has 0 aliphatic carbocycles. The number of aromatic amines is 1. The molecule has 2 N–H and O–H groups in total. The molecule has 0 aliphatic rings. The highest BCUT2D eigenvalue weighted by Gasteiger charge is 2.08. The third kappa shape index (κ3) is 2.53. The van der Waals surface area contributed by atoms with Crippen molar-refractivity contribution in [3.8, 4) is 0 Å². The van der Waals surface area contributed by atoms with Crippen LogP contribution in [0, 0.1) is 0 Å². The third-order valence-corrected chi connectivity index (χ3v) is 3.86. The van der Waals surface area contributed by atoms with Crippen LogP contribution in [0.5, 0.6) is 0 Å². The number of para-hydroxylation sites is 1. The molecule has 0 saturated carbocycles. The highest BCUT2D eigenvalue weighted by atomic mass is 16.1. The molecule has 0 bridgehead atoms. The molecular weight excluding hydrogens is 288 g/mol. The average molecular weight is 302 g/mol. The fourth-order valence-electron chi connectivity index (χ4n) is 2.66. The first-order chi connectivity index (χ1) is 11.3. The van der Waals surface area contributed by atoms with E-state index in [0.29, 0.717) is 12.1 Å². The molecule has 0 radical (unpaired) electrons. The van der Waals surface area contributed by atoms with Crippen LogP contribution < -0.4 is 5.32 Å². The van der Waals surface area contributed by atoms with Crippen molar-refractivity contribution in [2.24, 2.45) is 0 Å². The van der Waals surface area contributed by atoms with E-state index >= 15 is 0 Å². The van der Waals surface area contributed by atoms with Crippen LogP contribution in [0.15, 0.2) is 61.1 Å². The Kier molecular flexibility index (Phi) is 3.24. The number of aromatic nitrogens is 3. The van der Waals surface area contributed by atoms with Gasteiger partial charge in [-0.3, -0.25) is 9.78 Å². The van der Waals surface area contributed by atoms with Gasteiger partial charge in [0.2, 0.25) is 0 Å². The lowest BCUT2D eigenvalue weighted by atomic mass is 10.1. The monoisotopic (exact) mass is 302 g/mol. The van der Waals surface area contributed by atoms with Crippen LogP contribution in [-0.4, -0.2) is 20.9 Å². The van der Waals surface area contributed by atoms with Gasteiger partial charge in [-0.25, -0.2) is 4.98 Å². The van der Waals surface area contributed by atoms with E-state index < -0.39 is 0 Å². The SMILES string of the molecule is O=C(NCc1ccnc2ccccc12)c1ccc2nc[nH]c2c1. The highest BCUT2D eigenvalue weighted by molar-refractivity contribution is 5.97. The summed E-state index contributed by atoms with van der Waals surface area (Å²) in [6, 6.07) is 15.3. The largest absolute Gasteiger partial charge is 0.348 e. The van der Waals surface area contributed by atoms with Crippen molar-refractivity contribution in [2.45, 2.75) is 6.54 Å². The zero-order valence-electron chi connectivity index (χ0n) is 12.3. The van der Waals surface area contributed by atoms with E-state index in [1.807, 2.05) is 42.5 Å². The molecule has 112 valence electrons. The molecule has 0 unspecified atom stereocenters. The maximum absolute atomic E-state index is 12.4. The number of rotatable bonds is 3. The van der Waals surface area contributed by atoms with Gasteiger partial charge < -0.3 is 10.3 Å². The first-order valence-electron chi connectivity index (χ1n) is 7.35. The van der Waals surface area contributed by atoms with Crippen molar-refractivity contribution < 1.29 is 4.79 Å². The summed E-state index contributed by atoms with van der Waals surface area (Å²) in [5.41, 5.74) is 4.29. The highest BCUT2D eigenvalue weighted by Crippen LogP contribution is 2.16. The van der Waals surface area contributed by atoms with Gasteiger partial charge >= 0.3 is 0 Å². The zero-order valence-corrected chi connectivity index (χ0v) is 12.3. The van der Waals surface area contributed by atoms with Gasteiger partial charge in [-0.1, -0.05) is 18.2 Å². The molecule has 0 saturated heterocycles. The van der Waals surface area contributed by atoms with Crippen LogP contribution in [0.1, 0.15) is 15.9 Å². The lowest BCUT2D eigenvalue weighted by Gasteiger charge is -2.08. The molecule has 2 aromatic heterocycles. The smallest absolute Gasteiger partial charge is 0.251 e. The van der Waals surface area contributed by atoms with Gasteiger partial charge in [-0.05, 0) is 35.9 Å². The predicted molar refractivity (Wildman–Crippen MR) is 89.0 cm³/mol. The summed E-state index contributed by atoms with van der Waals surface area (Å²) in [4.78, 5) is 23.9. The number of nitrogens with one attached hydrogen (secondary N) is 2. The van der Waals surface area contributed by atoms with E-state index in [9.17, 15) is 4.79 Å². The van der Waals surface area contributed by atoms with Crippen molar-refractivity contribution in [3.63, 3.8) is 0 Å². The first kappa shape index (κ1) is 13.5. The summed E-state index contributed by atoms with van der Waals surface area (Å²) >= 11 is 0. The van der Waals surface area contributed by atoms with Gasteiger partial charge in [0.05, 0.1) is 22.9 Å². The lowest BCUT2D eigenvalue weighted by molar-refractivity contribution is 0.0951. The van der Waals surface area contributed by atoms with Gasteiger partial charge in [-0.15, -0.1) is 0 Å². The Morgan fingerprint density at radius 3 is 2.91 bits per heavy atom. The second kappa shape index (κ2) is 5.53. The second-order valence-corrected chi connectivity index (χ2v) is 5.30. The van der Waals surface area contributed by atoms with Crippen LogP contribution in [-0.2, 0) is 6.54 Å². The quantitative estimate of drug-likeness (QED) is 0.611. The molecule has 5 nitrogen and oxygen atoms in total. The third-order valence-electron chi connectivity index (χ3n) is 3.86. The second-order valence-electron chi connectivity index (χ2n) is 5.30. The Balaban J connectivity index is 1.56. The minimum Gasteiger partial charge on any atom is -0.348 e. The van der Waals surface area contributed by atoms with Gasteiger partial charge in [0.15, 0.2) is 0 Å². The van der Waals surface area contributed by atoms with E-state index in [0.717, 1.165) is 27.5 Å². The number of hydrogen-bond acceptors (Lipinski definition) is 3. The topological polar surface area (TPSA) is 70.7 Å². The number of H-pyrrole nitrogens is 1. The molecule has 4 rings (SSSR count). The van der Waals surface area contributed by atoms with Crippen LogP contribution in [0.25, 0.3) is 21.9 Å². The average Bonchev–Trinajstić information content (AvgIpc) is 3.07. The number of pyridine rings is 1. The molecule has 0 spiro atoms. The van der Waals surface area contributed by atoms with Crippen molar-refractivity contribution in [1.82, 2.24) is 20.3 Å². The summed E-state index contributed by atoms with van der Waals surface area (Å²) in [6.45, 7) is 0.461. The van der Waals surface area contributed by atoms with Crippen molar-refractivity contribution in [1.29, 1.82) is 0 Å². The minimum atomic E-state index is -0.109. The summed E-state index contributed by atoms with van der Waals surface area (Å²) in [7, 11) is 0. The lowest BCUT2D eigenvalue weighted by Crippen LogP contribution is -2.22. The number of imidazole rings is 1. The molecule has 2 aromatic carbocycles. The Labute approximate surface area is 132 Å². The van der Waals surface area contributed by atoms with Crippen LogP contribution in [0.3, 0.4) is 0 Å². The van der Waals surface area contributed by atoms with E-state index in [2.05, 4.69) is 20.3 Å². The summed E-state index contributed by atoms with van der Waals surface area (Å²) in [6.07, 6.45) is 3.38. The number of fused-ring (bicyclic) bond motifs is 2. The van der Waals surface area contributed by atoms with E-state index in [-0.39, 0.29) is 5.91 Å². The molecule has 2 heterocycles. The van der Waals surface area contributed by atoms with Gasteiger partial charge in [0, 0.05) is 23.7 Å². The minimum absolute atomic E-state index is 0.109. The fraction of sp³-hybridized carbons (Fsp3) is 0.0556. The Morgan fingerprint density at radius 1 is 1.04 bits per heavy atom. The first-order valence-corrected chi connectivity index (χ1v) is 7.35. The van der Waals surface area contributed by atoms with Crippen molar-refractivity contribution in [2.75, 3.05) is 0 Å². The standard InChI is InChI=1S/C18H14N4O/c23-18(12-5-6-16-17(9-12)22-11-21-16)20-10-13-7-8-19-15-4-2-1-3-14(13)15/h1-9,11H,10H2,(H,20,23)(H,21,22). The molecule has 0 fully saturated rings. The normalized spacial score (nSPS) is 11.0. The number of amides is 1. The summed E-state index contributed by atoms with van der Waals surface area (Å²) in [5.74, 6) is -0.109. The fourth-order valence-corrected chi connectivity index (χ4v) is 2.66. The van der Waals surface area contributed by atoms with Crippen LogP contribution in [0.2, 0.25) is 0 Å². The Morgan fingerprint density at radius 2 is 1.96 bits per heavy atom. The molecular formula is C18H14N4O. The van der Waals surface area contributed by atoms with Gasteiger partial charge in [-0.2, -0.15) is 0 Å². The van der Waals surface area contributed by atoms with E-state index in [1.54, 1.807) is 18.6 Å². The molecule has 4 aromatic rings. The Bertz CT molecular complexity index is 1000.